The highest BCUT2D eigenvalue weighted by Crippen LogP contribution is 2.49. The number of fused-ring (bicyclic) bond motifs is 3. The Labute approximate surface area is 215 Å². The van der Waals surface area contributed by atoms with Crippen LogP contribution in [0, 0.1) is 11.3 Å². The number of rotatable bonds is 5. The smallest absolute Gasteiger partial charge is 0.00476 e. The molecular weight excluding hydrogens is 420 g/mol. The summed E-state index contributed by atoms with van der Waals surface area (Å²) in [6.07, 6.45) is 11.0. The highest BCUT2D eigenvalue weighted by molar-refractivity contribution is 5.80. The van der Waals surface area contributed by atoms with Crippen LogP contribution in [0.15, 0.2) is 54.1 Å². The topological polar surface area (TPSA) is 0 Å². The Bertz CT molecular complexity index is 1180. The molecule has 2 aromatic rings. The Morgan fingerprint density at radius 1 is 0.771 bits per heavy atom. The Morgan fingerprint density at radius 2 is 1.40 bits per heavy atom. The molecule has 0 bridgehead atoms. The lowest BCUT2D eigenvalue weighted by atomic mass is 9.69. The summed E-state index contributed by atoms with van der Waals surface area (Å²) in [5.41, 5.74) is 12.4. The molecule has 35 heavy (non-hydrogen) atoms. The van der Waals surface area contributed by atoms with Gasteiger partial charge in [-0.15, -0.1) is 0 Å². The van der Waals surface area contributed by atoms with E-state index in [1.165, 1.54) is 51.8 Å². The summed E-state index contributed by atoms with van der Waals surface area (Å²) in [6.45, 7) is 26.1. The Hall–Kier alpha value is -2.08. The number of hydrogen-bond donors (Lipinski definition) is 0. The van der Waals surface area contributed by atoms with Gasteiger partial charge in [0.15, 0.2) is 0 Å². The first-order valence-corrected chi connectivity index (χ1v) is 13.8. The maximum Gasteiger partial charge on any atom is 0.00476 e. The molecule has 188 valence electrons. The second-order valence-corrected chi connectivity index (χ2v) is 14.5. The third-order valence-corrected chi connectivity index (χ3v) is 8.78. The Morgan fingerprint density at radius 3 is 2.00 bits per heavy atom. The molecule has 0 amide bonds. The zero-order valence-electron chi connectivity index (χ0n) is 24.3. The van der Waals surface area contributed by atoms with Crippen LogP contribution in [0.2, 0.25) is 0 Å². The van der Waals surface area contributed by atoms with Crippen LogP contribution in [0.5, 0.6) is 0 Å². The minimum atomic E-state index is 0.0286. The molecule has 0 N–H and O–H groups in total. The average Bonchev–Trinajstić information content (AvgIpc) is 3.37. The normalized spacial score (nSPS) is 18.0. The standard InChI is InChI=1S/C35H48/c1-12-17-34(8,9)25-15-16-26(19-25)35(10,11)31-22-27(33(5,6)7)21-29-28-20-24(32(2,3)4)14-13-23(28)18-30(29)31/h13-16,19-22,26H,12,17-18H2,1-11H3. The minimum absolute atomic E-state index is 0.0286. The van der Waals surface area contributed by atoms with Crippen molar-refractivity contribution in [2.24, 2.45) is 11.3 Å². The molecule has 0 heterocycles. The molecule has 0 fully saturated rings. The van der Waals surface area contributed by atoms with Gasteiger partial charge in [-0.25, -0.2) is 0 Å². The van der Waals surface area contributed by atoms with Crippen molar-refractivity contribution in [3.63, 3.8) is 0 Å². The molecule has 2 aliphatic carbocycles. The van der Waals surface area contributed by atoms with Gasteiger partial charge in [0, 0.05) is 5.92 Å². The van der Waals surface area contributed by atoms with Crippen LogP contribution in [0.3, 0.4) is 0 Å². The van der Waals surface area contributed by atoms with Crippen molar-refractivity contribution in [3.8, 4) is 11.1 Å². The predicted molar refractivity (Wildman–Crippen MR) is 155 cm³/mol. The summed E-state index contributed by atoms with van der Waals surface area (Å²) < 4.78 is 0. The fourth-order valence-corrected chi connectivity index (χ4v) is 6.11. The maximum atomic E-state index is 2.58. The lowest BCUT2D eigenvalue weighted by Gasteiger charge is -2.35. The van der Waals surface area contributed by atoms with Gasteiger partial charge in [0.1, 0.15) is 0 Å². The van der Waals surface area contributed by atoms with Crippen LogP contribution in [0.4, 0.5) is 0 Å². The van der Waals surface area contributed by atoms with Crippen LogP contribution < -0.4 is 0 Å². The molecule has 4 rings (SSSR count). The summed E-state index contributed by atoms with van der Waals surface area (Å²) in [4.78, 5) is 0. The molecule has 0 nitrogen and oxygen atoms in total. The van der Waals surface area contributed by atoms with Crippen molar-refractivity contribution in [3.05, 3.63) is 82.0 Å². The van der Waals surface area contributed by atoms with E-state index in [9.17, 15) is 0 Å². The van der Waals surface area contributed by atoms with Crippen molar-refractivity contribution in [2.75, 3.05) is 0 Å². The van der Waals surface area contributed by atoms with E-state index in [1.54, 1.807) is 5.56 Å². The largest absolute Gasteiger partial charge is 0.0764 e. The van der Waals surface area contributed by atoms with E-state index in [-0.39, 0.29) is 21.7 Å². The van der Waals surface area contributed by atoms with Crippen LogP contribution in [-0.4, -0.2) is 0 Å². The summed E-state index contributed by atoms with van der Waals surface area (Å²) >= 11 is 0. The fraction of sp³-hybridized carbons (Fsp3) is 0.543. The van der Waals surface area contributed by atoms with Crippen molar-refractivity contribution < 1.29 is 0 Å². The molecule has 1 unspecified atom stereocenters. The lowest BCUT2D eigenvalue weighted by molar-refractivity contribution is 0.404. The zero-order chi connectivity index (χ0) is 26.0. The van der Waals surface area contributed by atoms with E-state index in [1.807, 2.05) is 0 Å². The predicted octanol–water partition coefficient (Wildman–Crippen LogP) is 10.1. The van der Waals surface area contributed by atoms with E-state index in [0.29, 0.717) is 5.92 Å². The molecule has 2 aromatic carbocycles. The van der Waals surface area contributed by atoms with Crippen molar-refractivity contribution >= 4 is 0 Å². The highest BCUT2D eigenvalue weighted by atomic mass is 14.4. The maximum absolute atomic E-state index is 2.58. The zero-order valence-corrected chi connectivity index (χ0v) is 24.3. The second kappa shape index (κ2) is 8.50. The molecule has 2 aliphatic rings. The van der Waals surface area contributed by atoms with Gasteiger partial charge in [0.05, 0.1) is 0 Å². The van der Waals surface area contributed by atoms with Gasteiger partial charge in [-0.2, -0.15) is 0 Å². The number of hydrogen-bond acceptors (Lipinski definition) is 0. The molecular formula is C35H48. The third-order valence-electron chi connectivity index (χ3n) is 8.78. The van der Waals surface area contributed by atoms with E-state index in [0.717, 1.165) is 6.42 Å². The van der Waals surface area contributed by atoms with Gasteiger partial charge in [-0.05, 0) is 79.0 Å². The molecule has 0 saturated carbocycles. The van der Waals surface area contributed by atoms with E-state index in [2.05, 4.69) is 125 Å². The number of allylic oxidation sites excluding steroid dienone is 4. The molecule has 0 radical (unpaired) electrons. The van der Waals surface area contributed by atoms with Gasteiger partial charge in [-0.3, -0.25) is 0 Å². The monoisotopic (exact) mass is 468 g/mol. The molecule has 1 atom stereocenters. The molecule has 0 aromatic heterocycles. The summed E-state index contributed by atoms with van der Waals surface area (Å²) in [7, 11) is 0. The fourth-order valence-electron chi connectivity index (χ4n) is 6.11. The quantitative estimate of drug-likeness (QED) is 0.349. The molecule has 0 spiro atoms. The molecule has 0 heteroatoms. The SMILES string of the molecule is CCCC(C)(C)C1=CC(C(C)(C)c2cc(C(C)(C)C)cc3c2Cc2ccc(C(C)(C)C)cc2-3)C=C1. The minimum Gasteiger partial charge on any atom is -0.0764 e. The summed E-state index contributed by atoms with van der Waals surface area (Å²) in [5, 5.41) is 0. The highest BCUT2D eigenvalue weighted by Gasteiger charge is 2.38. The van der Waals surface area contributed by atoms with Gasteiger partial charge in [0.2, 0.25) is 0 Å². The molecule has 0 aliphatic heterocycles. The second-order valence-electron chi connectivity index (χ2n) is 14.5. The van der Waals surface area contributed by atoms with Crippen LogP contribution >= 0.6 is 0 Å². The van der Waals surface area contributed by atoms with Gasteiger partial charge in [-0.1, -0.05) is 131 Å². The van der Waals surface area contributed by atoms with E-state index in [4.69, 9.17) is 0 Å². The number of benzene rings is 2. The van der Waals surface area contributed by atoms with Crippen molar-refractivity contribution in [1.29, 1.82) is 0 Å². The first kappa shape index (κ1) is 26.0. The van der Waals surface area contributed by atoms with Crippen molar-refractivity contribution in [2.45, 2.75) is 112 Å². The van der Waals surface area contributed by atoms with Gasteiger partial charge in [0.25, 0.3) is 0 Å². The molecule has 0 saturated heterocycles. The van der Waals surface area contributed by atoms with E-state index >= 15 is 0 Å². The average molecular weight is 469 g/mol. The van der Waals surface area contributed by atoms with Crippen LogP contribution in [0.1, 0.15) is 117 Å². The lowest BCUT2D eigenvalue weighted by Crippen LogP contribution is -2.28. The first-order chi connectivity index (χ1) is 16.1. The van der Waals surface area contributed by atoms with Gasteiger partial charge < -0.3 is 0 Å². The Kier molecular flexibility index (Phi) is 6.31. The van der Waals surface area contributed by atoms with E-state index < -0.39 is 0 Å². The van der Waals surface area contributed by atoms with Crippen LogP contribution in [-0.2, 0) is 22.7 Å². The Balaban J connectivity index is 1.86. The summed E-state index contributed by atoms with van der Waals surface area (Å²) in [5.74, 6) is 0.418. The third kappa shape index (κ3) is 4.71. The summed E-state index contributed by atoms with van der Waals surface area (Å²) in [6, 6.07) is 12.3. The van der Waals surface area contributed by atoms with Crippen molar-refractivity contribution in [1.82, 2.24) is 0 Å². The van der Waals surface area contributed by atoms with Gasteiger partial charge >= 0.3 is 0 Å². The first-order valence-electron chi connectivity index (χ1n) is 13.8. The van der Waals surface area contributed by atoms with Crippen LogP contribution in [0.25, 0.3) is 11.1 Å².